The highest BCUT2D eigenvalue weighted by atomic mass is 32.2. The lowest BCUT2D eigenvalue weighted by atomic mass is 9.83. The van der Waals surface area contributed by atoms with Crippen LogP contribution in [-0.2, 0) is 10.0 Å². The largest absolute Gasteiger partial charge is 0.356 e. The lowest BCUT2D eigenvalue weighted by Gasteiger charge is -2.25. The molecular formula is C11H17N3O3S. The Morgan fingerprint density at radius 3 is 2.72 bits per heavy atom. The Balaban J connectivity index is 1.86. The zero-order valence-corrected chi connectivity index (χ0v) is 10.8. The molecule has 0 radical (unpaired) electrons. The van der Waals surface area contributed by atoms with Crippen molar-refractivity contribution in [2.45, 2.75) is 30.6 Å². The average Bonchev–Trinajstić information content (AvgIpc) is 2.69. The molecule has 4 N–H and O–H groups in total. The van der Waals surface area contributed by atoms with Gasteiger partial charge in [0.1, 0.15) is 5.69 Å². The van der Waals surface area contributed by atoms with Crippen LogP contribution < -0.4 is 10.5 Å². The minimum Gasteiger partial charge on any atom is -0.356 e. The van der Waals surface area contributed by atoms with E-state index in [4.69, 9.17) is 5.14 Å². The summed E-state index contributed by atoms with van der Waals surface area (Å²) >= 11 is 0. The van der Waals surface area contributed by atoms with E-state index in [-0.39, 0.29) is 16.5 Å². The topological polar surface area (TPSA) is 105 Å². The number of carbonyl (C=O) groups excluding carboxylic acids is 1. The number of rotatable bonds is 5. The van der Waals surface area contributed by atoms with E-state index in [0.29, 0.717) is 6.54 Å². The molecule has 1 amide bonds. The second kappa shape index (κ2) is 5.11. The molecule has 0 bridgehead atoms. The Morgan fingerprint density at radius 1 is 1.50 bits per heavy atom. The van der Waals surface area contributed by atoms with Crippen LogP contribution in [-0.4, -0.2) is 25.9 Å². The van der Waals surface area contributed by atoms with Gasteiger partial charge in [-0.2, -0.15) is 0 Å². The predicted octanol–water partition coefficient (Wildman–Crippen LogP) is 0.582. The maximum atomic E-state index is 11.7. The Labute approximate surface area is 106 Å². The number of nitrogens with one attached hydrogen (secondary N) is 2. The van der Waals surface area contributed by atoms with Crippen molar-refractivity contribution in [1.29, 1.82) is 0 Å². The molecule has 1 saturated carbocycles. The fourth-order valence-electron chi connectivity index (χ4n) is 1.94. The van der Waals surface area contributed by atoms with Crippen LogP contribution in [0.5, 0.6) is 0 Å². The SMILES string of the molecule is NS(=O)(=O)c1c[nH]c(C(=O)NCCC2CCC2)c1. The van der Waals surface area contributed by atoms with Crippen molar-refractivity contribution in [2.75, 3.05) is 6.54 Å². The third-order valence-corrected chi connectivity index (χ3v) is 4.19. The number of primary sulfonamides is 1. The highest BCUT2D eigenvalue weighted by Gasteiger charge is 2.18. The summed E-state index contributed by atoms with van der Waals surface area (Å²) in [5, 5.41) is 7.71. The van der Waals surface area contributed by atoms with Gasteiger partial charge in [0.25, 0.3) is 5.91 Å². The monoisotopic (exact) mass is 271 g/mol. The third kappa shape index (κ3) is 3.11. The smallest absolute Gasteiger partial charge is 0.267 e. The number of H-pyrrole nitrogens is 1. The van der Waals surface area contributed by atoms with Gasteiger partial charge in [-0.05, 0) is 18.4 Å². The van der Waals surface area contributed by atoms with Gasteiger partial charge in [0.15, 0.2) is 0 Å². The van der Waals surface area contributed by atoms with Gasteiger partial charge in [0.05, 0.1) is 4.90 Å². The molecule has 1 aromatic rings. The number of carbonyl (C=O) groups is 1. The standard InChI is InChI=1S/C11H17N3O3S/c12-18(16,17)9-6-10(14-7-9)11(15)13-5-4-8-2-1-3-8/h6-8,14H,1-5H2,(H,13,15)(H2,12,16,17). The number of nitrogens with two attached hydrogens (primary N) is 1. The second-order valence-electron chi connectivity index (χ2n) is 4.64. The summed E-state index contributed by atoms with van der Waals surface area (Å²) in [5.74, 6) is 0.429. The predicted molar refractivity (Wildman–Crippen MR) is 66.5 cm³/mol. The number of hydrogen-bond acceptors (Lipinski definition) is 3. The van der Waals surface area contributed by atoms with Gasteiger partial charge in [-0.1, -0.05) is 19.3 Å². The summed E-state index contributed by atoms with van der Waals surface area (Å²) in [6, 6.07) is 1.24. The number of aromatic nitrogens is 1. The summed E-state index contributed by atoms with van der Waals surface area (Å²) in [7, 11) is -3.76. The van der Waals surface area contributed by atoms with Crippen LogP contribution in [0.2, 0.25) is 0 Å². The Hall–Kier alpha value is -1.34. The molecule has 6 nitrogen and oxygen atoms in total. The van der Waals surface area contributed by atoms with E-state index in [9.17, 15) is 13.2 Å². The second-order valence-corrected chi connectivity index (χ2v) is 6.20. The first-order valence-corrected chi connectivity index (χ1v) is 7.51. The lowest BCUT2D eigenvalue weighted by molar-refractivity contribution is 0.0944. The summed E-state index contributed by atoms with van der Waals surface area (Å²) in [6.07, 6.45) is 5.97. The first-order valence-electron chi connectivity index (χ1n) is 5.96. The molecule has 0 unspecified atom stereocenters. The van der Waals surface area contributed by atoms with Crippen LogP contribution in [0.3, 0.4) is 0 Å². The first kappa shape index (κ1) is 13.1. The van der Waals surface area contributed by atoms with Gasteiger partial charge in [0, 0.05) is 12.7 Å². The van der Waals surface area contributed by atoms with Crippen molar-refractivity contribution in [3.63, 3.8) is 0 Å². The number of aromatic amines is 1. The molecule has 100 valence electrons. The van der Waals surface area contributed by atoms with E-state index in [1.807, 2.05) is 0 Å². The van der Waals surface area contributed by atoms with E-state index >= 15 is 0 Å². The van der Waals surface area contributed by atoms with Gasteiger partial charge < -0.3 is 10.3 Å². The highest BCUT2D eigenvalue weighted by Crippen LogP contribution is 2.28. The van der Waals surface area contributed by atoms with Crippen molar-refractivity contribution in [3.8, 4) is 0 Å². The molecule has 1 aliphatic rings. The van der Waals surface area contributed by atoms with Gasteiger partial charge in [-0.15, -0.1) is 0 Å². The molecule has 0 aliphatic heterocycles. The fourth-order valence-corrected chi connectivity index (χ4v) is 2.44. The maximum Gasteiger partial charge on any atom is 0.267 e. The molecule has 18 heavy (non-hydrogen) atoms. The molecule has 1 aliphatic carbocycles. The van der Waals surface area contributed by atoms with Crippen LogP contribution in [0.25, 0.3) is 0 Å². The normalized spacial score (nSPS) is 16.3. The summed E-state index contributed by atoms with van der Waals surface area (Å²) < 4.78 is 22.1. The molecule has 0 saturated heterocycles. The van der Waals surface area contributed by atoms with E-state index in [2.05, 4.69) is 10.3 Å². The molecule has 1 aromatic heterocycles. The Morgan fingerprint density at radius 2 is 2.22 bits per heavy atom. The Kier molecular flexibility index (Phi) is 3.72. The van der Waals surface area contributed by atoms with Gasteiger partial charge in [-0.3, -0.25) is 4.79 Å². The van der Waals surface area contributed by atoms with Crippen molar-refractivity contribution in [2.24, 2.45) is 11.1 Å². The van der Waals surface area contributed by atoms with Gasteiger partial charge >= 0.3 is 0 Å². The van der Waals surface area contributed by atoms with Crippen LogP contribution >= 0.6 is 0 Å². The molecular weight excluding hydrogens is 254 g/mol. The molecule has 0 aromatic carbocycles. The van der Waals surface area contributed by atoms with Crippen molar-refractivity contribution in [3.05, 3.63) is 18.0 Å². The van der Waals surface area contributed by atoms with Crippen LogP contribution in [0.4, 0.5) is 0 Å². The zero-order valence-electron chi connectivity index (χ0n) is 9.98. The summed E-state index contributed by atoms with van der Waals surface area (Å²) in [4.78, 5) is 14.2. The van der Waals surface area contributed by atoms with E-state index in [1.165, 1.54) is 31.5 Å². The molecule has 0 atom stereocenters. The first-order chi connectivity index (χ1) is 8.47. The number of sulfonamides is 1. The van der Waals surface area contributed by atoms with Crippen LogP contribution in [0, 0.1) is 5.92 Å². The highest BCUT2D eigenvalue weighted by molar-refractivity contribution is 7.89. The maximum absolute atomic E-state index is 11.7. The fraction of sp³-hybridized carbons (Fsp3) is 0.545. The van der Waals surface area contributed by atoms with Crippen molar-refractivity contribution in [1.82, 2.24) is 10.3 Å². The average molecular weight is 271 g/mol. The van der Waals surface area contributed by atoms with Crippen molar-refractivity contribution >= 4 is 15.9 Å². The van der Waals surface area contributed by atoms with Gasteiger partial charge in [0.2, 0.25) is 10.0 Å². The zero-order chi connectivity index (χ0) is 13.2. The molecule has 7 heteroatoms. The molecule has 1 fully saturated rings. The van der Waals surface area contributed by atoms with E-state index < -0.39 is 10.0 Å². The summed E-state index contributed by atoms with van der Waals surface area (Å²) in [6.45, 7) is 0.618. The van der Waals surface area contributed by atoms with E-state index in [0.717, 1.165) is 12.3 Å². The lowest BCUT2D eigenvalue weighted by Crippen LogP contribution is -2.27. The van der Waals surface area contributed by atoms with E-state index in [1.54, 1.807) is 0 Å². The minimum absolute atomic E-state index is 0.0772. The molecule has 1 heterocycles. The minimum atomic E-state index is -3.76. The molecule has 2 rings (SSSR count). The van der Waals surface area contributed by atoms with Crippen LogP contribution in [0.15, 0.2) is 17.2 Å². The molecule has 0 spiro atoms. The summed E-state index contributed by atoms with van der Waals surface area (Å²) in [5.41, 5.74) is 0.215. The van der Waals surface area contributed by atoms with Crippen molar-refractivity contribution < 1.29 is 13.2 Å². The third-order valence-electron chi connectivity index (χ3n) is 3.29. The Bertz CT molecular complexity index is 531. The number of amides is 1. The number of hydrogen-bond donors (Lipinski definition) is 3. The quantitative estimate of drug-likeness (QED) is 0.729. The van der Waals surface area contributed by atoms with Gasteiger partial charge in [-0.25, -0.2) is 13.6 Å². The van der Waals surface area contributed by atoms with Crippen LogP contribution in [0.1, 0.15) is 36.2 Å².